The van der Waals surface area contributed by atoms with Crippen LogP contribution in [0.2, 0.25) is 0 Å². The van der Waals surface area contributed by atoms with Crippen molar-refractivity contribution in [2.45, 2.75) is 50.7 Å². The summed E-state index contributed by atoms with van der Waals surface area (Å²) < 4.78 is 9.29. The molecule has 3 aromatic carbocycles. The zero-order chi connectivity index (χ0) is 32.0. The summed E-state index contributed by atoms with van der Waals surface area (Å²) in [5, 5.41) is 1.22. The molecule has 4 heteroatoms. The Hall–Kier alpha value is -5.35. The molecular weight excluding hydrogens is 587 g/mol. The van der Waals surface area contributed by atoms with Crippen molar-refractivity contribution in [3.05, 3.63) is 172 Å². The van der Waals surface area contributed by atoms with Gasteiger partial charge in [0.25, 0.3) is 0 Å². The maximum Gasteiger partial charge on any atom is 0.137 e. The van der Waals surface area contributed by atoms with Gasteiger partial charge in [-0.2, -0.15) is 0 Å². The van der Waals surface area contributed by atoms with Crippen LogP contribution in [-0.4, -0.2) is 10.9 Å². The minimum atomic E-state index is -0.260. The molecule has 9 rings (SSSR count). The summed E-state index contributed by atoms with van der Waals surface area (Å²) in [6, 6.07) is 25.4. The molecule has 3 atom stereocenters. The molecule has 0 fully saturated rings. The Bertz CT molecular complexity index is 2200. The zero-order valence-electron chi connectivity index (χ0n) is 27.1. The Morgan fingerprint density at radius 3 is 2.67 bits per heavy atom. The number of aliphatic imine (C=N–C) groups is 1. The predicted molar refractivity (Wildman–Crippen MR) is 198 cm³/mol. The second kappa shape index (κ2) is 12.0. The number of fused-ring (bicyclic) bond motifs is 6. The van der Waals surface area contributed by atoms with E-state index >= 15 is 0 Å². The fourth-order valence-corrected chi connectivity index (χ4v) is 8.20. The lowest BCUT2D eigenvalue weighted by Gasteiger charge is -2.23. The maximum atomic E-state index is 7.03. The Morgan fingerprint density at radius 2 is 1.79 bits per heavy atom. The smallest absolute Gasteiger partial charge is 0.137 e. The summed E-state index contributed by atoms with van der Waals surface area (Å²) in [4.78, 5) is 5.36. The van der Waals surface area contributed by atoms with Crippen LogP contribution in [0, 0.1) is 5.92 Å². The number of para-hydroxylation sites is 2. The van der Waals surface area contributed by atoms with Crippen LogP contribution in [0.5, 0.6) is 0 Å². The average molecular weight is 626 g/mol. The number of benzene rings is 3. The Balaban J connectivity index is 1.13. The molecule has 1 aromatic heterocycles. The molecule has 2 N–H and O–H groups in total. The van der Waals surface area contributed by atoms with Gasteiger partial charge in [0, 0.05) is 33.7 Å². The number of nitrogens with two attached hydrogens (primary N) is 1. The van der Waals surface area contributed by atoms with Gasteiger partial charge in [0.05, 0.1) is 17.5 Å². The van der Waals surface area contributed by atoms with Crippen LogP contribution >= 0.6 is 0 Å². The van der Waals surface area contributed by atoms with Crippen molar-refractivity contribution in [1.29, 1.82) is 0 Å². The van der Waals surface area contributed by atoms with Crippen LogP contribution in [-0.2, 0) is 4.74 Å². The molecule has 0 saturated carbocycles. The fraction of sp³-hybridized carbons (Fsp3) is 0.205. The largest absolute Gasteiger partial charge is 0.484 e. The first-order valence-electron chi connectivity index (χ1n) is 17.4. The first-order valence-corrected chi connectivity index (χ1v) is 17.4. The Kier molecular flexibility index (Phi) is 7.23. The molecule has 48 heavy (non-hydrogen) atoms. The van der Waals surface area contributed by atoms with E-state index in [2.05, 4.69) is 120 Å². The lowest BCUT2D eigenvalue weighted by Crippen LogP contribution is -2.14. The molecule has 2 heterocycles. The summed E-state index contributed by atoms with van der Waals surface area (Å²) in [6.45, 7) is 0. The van der Waals surface area contributed by atoms with Crippen LogP contribution in [0.1, 0.15) is 78.6 Å². The first-order chi connectivity index (χ1) is 23.7. The van der Waals surface area contributed by atoms with E-state index in [-0.39, 0.29) is 18.1 Å². The molecule has 0 bridgehead atoms. The third-order valence-corrected chi connectivity index (χ3v) is 10.5. The van der Waals surface area contributed by atoms with Crippen LogP contribution in [0.4, 0.5) is 5.69 Å². The van der Waals surface area contributed by atoms with Crippen molar-refractivity contribution >= 4 is 34.6 Å². The van der Waals surface area contributed by atoms with E-state index in [0.29, 0.717) is 0 Å². The SMILES string of the molecule is Nc1ccccc1C(/N=C/n1c2c(c3ccccc31)C1OC3=C(CCC=C3C3=CCCC=C3)C1C=C2)c1cccc(C2=CC=CCC2)c1. The maximum absolute atomic E-state index is 7.03. The fourth-order valence-electron chi connectivity index (χ4n) is 8.20. The highest BCUT2D eigenvalue weighted by Gasteiger charge is 2.43. The van der Waals surface area contributed by atoms with Crippen molar-refractivity contribution in [2.75, 3.05) is 5.73 Å². The highest BCUT2D eigenvalue weighted by atomic mass is 16.5. The highest BCUT2D eigenvalue weighted by molar-refractivity contribution is 5.95. The van der Waals surface area contributed by atoms with Gasteiger partial charge in [-0.15, -0.1) is 0 Å². The molecule has 4 aliphatic carbocycles. The molecule has 1 aliphatic heterocycles. The van der Waals surface area contributed by atoms with Gasteiger partial charge in [-0.05, 0) is 90.6 Å². The van der Waals surface area contributed by atoms with Gasteiger partial charge >= 0.3 is 0 Å². The van der Waals surface area contributed by atoms with E-state index in [9.17, 15) is 0 Å². The molecule has 4 nitrogen and oxygen atoms in total. The van der Waals surface area contributed by atoms with Crippen molar-refractivity contribution in [3.8, 4) is 0 Å². The molecule has 0 spiro atoms. The number of ether oxygens (including phenoxy) is 1. The lowest BCUT2D eigenvalue weighted by atomic mass is 9.80. The van der Waals surface area contributed by atoms with E-state index in [0.717, 1.165) is 72.3 Å². The number of hydrogen-bond donors (Lipinski definition) is 1. The topological polar surface area (TPSA) is 52.5 Å². The van der Waals surface area contributed by atoms with Crippen LogP contribution in [0.15, 0.2) is 149 Å². The normalized spacial score (nSPS) is 21.8. The standard InChI is InChI=1S/C44H39N3O/c45-38-23-9-7-19-36(38)42(32-18-11-17-31(27-32)29-13-3-1-4-14-29)46-28-47-39-24-10-8-20-37(39)41-40(47)26-25-35-34-22-12-21-33(43(34)48-44(35)41)30-15-5-2-6-16-30/h1,3,5,7-11,13,15-21,23-28,35,42,44H,2,4,6,12,14,22,45H2/b46-28+. The van der Waals surface area contributed by atoms with E-state index in [1.807, 2.05) is 18.5 Å². The molecule has 4 aromatic rings. The van der Waals surface area contributed by atoms with Gasteiger partial charge in [0.2, 0.25) is 0 Å². The highest BCUT2D eigenvalue weighted by Crippen LogP contribution is 2.54. The number of nitrogens with zero attached hydrogens (tertiary/aromatic N) is 2. The van der Waals surface area contributed by atoms with Gasteiger partial charge in [-0.25, -0.2) is 0 Å². The predicted octanol–water partition coefficient (Wildman–Crippen LogP) is 10.6. The summed E-state index contributed by atoms with van der Waals surface area (Å²) in [5.74, 6) is 1.34. The third-order valence-electron chi connectivity index (χ3n) is 10.5. The number of anilines is 1. The Labute approximate surface area is 282 Å². The molecule has 236 valence electrons. The van der Waals surface area contributed by atoms with Gasteiger partial charge < -0.3 is 15.0 Å². The zero-order valence-corrected chi connectivity index (χ0v) is 27.1. The average Bonchev–Trinajstić information content (AvgIpc) is 3.69. The van der Waals surface area contributed by atoms with E-state index < -0.39 is 0 Å². The third kappa shape index (κ3) is 4.86. The number of allylic oxidation sites excluding steroid dienone is 9. The summed E-state index contributed by atoms with van der Waals surface area (Å²) in [5.41, 5.74) is 19.6. The molecule has 0 radical (unpaired) electrons. The quantitative estimate of drug-likeness (QED) is 0.132. The second-order valence-corrected chi connectivity index (χ2v) is 13.3. The monoisotopic (exact) mass is 625 g/mol. The van der Waals surface area contributed by atoms with Crippen molar-refractivity contribution in [1.82, 2.24) is 4.57 Å². The van der Waals surface area contributed by atoms with Gasteiger partial charge in [-0.1, -0.05) is 103 Å². The summed E-state index contributed by atoms with van der Waals surface area (Å²) >= 11 is 0. The number of rotatable bonds is 6. The molecule has 5 aliphatic rings. The number of aromatic nitrogens is 1. The molecular formula is C44H39N3O. The minimum Gasteiger partial charge on any atom is -0.484 e. The van der Waals surface area contributed by atoms with Crippen LogP contribution < -0.4 is 5.73 Å². The second-order valence-electron chi connectivity index (χ2n) is 13.3. The molecule has 0 saturated heterocycles. The number of nitrogen functional groups attached to an aromatic ring is 1. The first kappa shape index (κ1) is 28.8. The minimum absolute atomic E-state index is 0.0562. The van der Waals surface area contributed by atoms with Crippen LogP contribution in [0.3, 0.4) is 0 Å². The molecule has 0 amide bonds. The summed E-state index contributed by atoms with van der Waals surface area (Å²) in [6.07, 6.45) is 29.0. The van der Waals surface area contributed by atoms with Crippen molar-refractivity contribution in [2.24, 2.45) is 10.9 Å². The lowest BCUT2D eigenvalue weighted by molar-refractivity contribution is 0.132. The van der Waals surface area contributed by atoms with E-state index in [1.54, 1.807) is 0 Å². The van der Waals surface area contributed by atoms with Crippen molar-refractivity contribution < 1.29 is 4.74 Å². The van der Waals surface area contributed by atoms with Gasteiger partial charge in [-0.3, -0.25) is 4.99 Å². The van der Waals surface area contributed by atoms with Gasteiger partial charge in [0.1, 0.15) is 17.9 Å². The number of hydrogen-bond acceptors (Lipinski definition) is 3. The van der Waals surface area contributed by atoms with Gasteiger partial charge in [0.15, 0.2) is 0 Å². The van der Waals surface area contributed by atoms with E-state index in [4.69, 9.17) is 15.5 Å². The van der Waals surface area contributed by atoms with E-state index in [1.165, 1.54) is 38.8 Å². The van der Waals surface area contributed by atoms with Crippen LogP contribution in [0.25, 0.3) is 22.6 Å². The molecule has 3 unspecified atom stereocenters. The summed E-state index contributed by atoms with van der Waals surface area (Å²) in [7, 11) is 0. The Morgan fingerprint density at radius 1 is 0.875 bits per heavy atom. The van der Waals surface area contributed by atoms with Crippen molar-refractivity contribution in [3.63, 3.8) is 0 Å².